The van der Waals surface area contributed by atoms with Crippen LogP contribution in [0.15, 0.2) is 47.6 Å². The van der Waals surface area contributed by atoms with E-state index in [1.54, 1.807) is 13.3 Å². The van der Waals surface area contributed by atoms with Crippen molar-refractivity contribution in [1.82, 2.24) is 15.2 Å². The van der Waals surface area contributed by atoms with E-state index in [-0.39, 0.29) is 11.8 Å². The lowest BCUT2D eigenvalue weighted by Crippen LogP contribution is -2.42. The molecule has 1 amide bonds. The molecule has 1 atom stereocenters. The Labute approximate surface area is 190 Å². The van der Waals surface area contributed by atoms with E-state index in [9.17, 15) is 4.79 Å². The van der Waals surface area contributed by atoms with Crippen molar-refractivity contribution in [3.63, 3.8) is 0 Å². The van der Waals surface area contributed by atoms with E-state index < -0.39 is 0 Å². The molecule has 1 aliphatic heterocycles. The average molecular weight is 439 g/mol. The Balaban J connectivity index is 1.77. The number of primary amides is 1. The Hall–Kier alpha value is -3.29. The van der Waals surface area contributed by atoms with Gasteiger partial charge in [-0.3, -0.25) is 4.79 Å². The van der Waals surface area contributed by atoms with Crippen molar-refractivity contribution >= 4 is 17.7 Å². The molecule has 1 aromatic heterocycles. The lowest BCUT2D eigenvalue weighted by molar-refractivity contribution is -0.122. The Morgan fingerprint density at radius 2 is 2.09 bits per heavy atom. The van der Waals surface area contributed by atoms with Crippen LogP contribution >= 0.6 is 0 Å². The number of piperidine rings is 1. The maximum atomic E-state index is 11.7. The lowest BCUT2D eigenvalue weighted by atomic mass is 9.97. The highest BCUT2D eigenvalue weighted by Gasteiger charge is 2.26. The predicted molar refractivity (Wildman–Crippen MR) is 128 cm³/mol. The van der Waals surface area contributed by atoms with Crippen LogP contribution in [0.1, 0.15) is 30.9 Å². The first kappa shape index (κ1) is 23.4. The zero-order valence-electron chi connectivity index (χ0n) is 19.3. The van der Waals surface area contributed by atoms with E-state index in [1.807, 2.05) is 37.4 Å². The van der Waals surface area contributed by atoms with Gasteiger partial charge in [0.05, 0.1) is 19.6 Å². The first-order valence-corrected chi connectivity index (χ1v) is 11.1. The van der Waals surface area contributed by atoms with Crippen LogP contribution in [-0.4, -0.2) is 55.5 Å². The number of para-hydroxylation sites is 1. The summed E-state index contributed by atoms with van der Waals surface area (Å²) in [6, 6.07) is 12.0. The molecule has 0 spiro atoms. The van der Waals surface area contributed by atoms with Crippen molar-refractivity contribution in [1.29, 1.82) is 0 Å². The zero-order chi connectivity index (χ0) is 22.9. The van der Waals surface area contributed by atoms with Gasteiger partial charge in [-0.1, -0.05) is 24.3 Å². The Bertz CT molecular complexity index is 932. The van der Waals surface area contributed by atoms with Gasteiger partial charge in [0.2, 0.25) is 5.91 Å². The number of hydrogen-bond donors (Lipinski definition) is 2. The Kier molecular flexibility index (Phi) is 8.30. The molecule has 1 aliphatic rings. The fraction of sp³-hybridized carbons (Fsp3) is 0.458. The van der Waals surface area contributed by atoms with Gasteiger partial charge >= 0.3 is 0 Å². The fourth-order valence-electron chi connectivity index (χ4n) is 4.03. The minimum atomic E-state index is -0.238. The largest absolute Gasteiger partial charge is 0.496 e. The molecule has 1 saturated heterocycles. The van der Waals surface area contributed by atoms with Crippen molar-refractivity contribution in [3.05, 3.63) is 53.7 Å². The molecule has 1 unspecified atom stereocenters. The predicted octanol–water partition coefficient (Wildman–Crippen LogP) is 2.39. The third-order valence-corrected chi connectivity index (χ3v) is 5.69. The summed E-state index contributed by atoms with van der Waals surface area (Å²) in [6.45, 7) is 5.45. The SMILES string of the molecule is CCNC(=NCc1cccnc1N1CCCC(C(N)=O)C1)N(C)Cc1ccccc1OC. The zero-order valence-corrected chi connectivity index (χ0v) is 19.3. The number of nitrogens with one attached hydrogen (secondary N) is 1. The van der Waals surface area contributed by atoms with Crippen molar-refractivity contribution in [2.45, 2.75) is 32.9 Å². The number of aromatic nitrogens is 1. The summed E-state index contributed by atoms with van der Waals surface area (Å²) in [4.78, 5) is 25.4. The van der Waals surface area contributed by atoms with E-state index in [1.165, 1.54) is 0 Å². The maximum absolute atomic E-state index is 11.7. The van der Waals surface area contributed by atoms with Gasteiger partial charge in [-0.25, -0.2) is 9.98 Å². The third kappa shape index (κ3) is 5.90. The second-order valence-corrected chi connectivity index (χ2v) is 8.01. The van der Waals surface area contributed by atoms with E-state index in [0.717, 1.165) is 54.6 Å². The second kappa shape index (κ2) is 11.4. The summed E-state index contributed by atoms with van der Waals surface area (Å²) in [5.41, 5.74) is 7.68. The molecule has 2 aromatic rings. The van der Waals surface area contributed by atoms with E-state index in [0.29, 0.717) is 19.6 Å². The molecular formula is C24H34N6O2. The number of nitrogens with two attached hydrogens (primary N) is 1. The number of pyridine rings is 1. The number of nitrogens with zero attached hydrogens (tertiary/aromatic N) is 4. The molecule has 8 heteroatoms. The number of carbonyl (C=O) groups excluding carboxylic acids is 1. The van der Waals surface area contributed by atoms with Gasteiger partial charge in [-0.05, 0) is 31.9 Å². The van der Waals surface area contributed by atoms with E-state index in [2.05, 4.69) is 33.1 Å². The standard InChI is InChI=1S/C24H34N6O2/c1-4-26-24(29(2)16-19-9-5-6-12-21(19)32-3)28-15-18-10-7-13-27-23(18)30-14-8-11-20(17-30)22(25)31/h5-7,9-10,12-13,20H,4,8,11,14-17H2,1-3H3,(H2,25,31)(H,26,28). The second-order valence-electron chi connectivity index (χ2n) is 8.01. The summed E-state index contributed by atoms with van der Waals surface area (Å²) >= 11 is 0. The number of benzene rings is 1. The average Bonchev–Trinajstić information content (AvgIpc) is 2.82. The quantitative estimate of drug-likeness (QED) is 0.485. The molecule has 172 valence electrons. The van der Waals surface area contributed by atoms with Crippen LogP contribution in [0.25, 0.3) is 0 Å². The molecule has 3 rings (SSSR count). The molecule has 1 aromatic carbocycles. The van der Waals surface area contributed by atoms with Crippen LogP contribution in [0.2, 0.25) is 0 Å². The van der Waals surface area contributed by atoms with Crippen LogP contribution in [0, 0.1) is 5.92 Å². The molecule has 0 bridgehead atoms. The number of ether oxygens (including phenoxy) is 1. The number of carbonyl (C=O) groups is 1. The molecule has 0 saturated carbocycles. The van der Waals surface area contributed by atoms with Gasteiger partial charge in [-0.15, -0.1) is 0 Å². The van der Waals surface area contributed by atoms with E-state index in [4.69, 9.17) is 15.5 Å². The molecule has 3 N–H and O–H groups in total. The number of hydrogen-bond acceptors (Lipinski definition) is 5. The summed E-state index contributed by atoms with van der Waals surface area (Å²) in [5, 5.41) is 3.37. The Morgan fingerprint density at radius 1 is 1.31 bits per heavy atom. The van der Waals surface area contributed by atoms with Gasteiger partial charge in [-0.2, -0.15) is 0 Å². The number of anilines is 1. The van der Waals surface area contributed by atoms with Crippen molar-refractivity contribution < 1.29 is 9.53 Å². The van der Waals surface area contributed by atoms with Crippen LogP contribution in [0.5, 0.6) is 5.75 Å². The molecule has 8 nitrogen and oxygen atoms in total. The topological polar surface area (TPSA) is 96.1 Å². The number of guanidine groups is 1. The number of amides is 1. The molecule has 0 radical (unpaired) electrons. The number of rotatable bonds is 8. The van der Waals surface area contributed by atoms with Gasteiger partial charge in [0.1, 0.15) is 11.6 Å². The van der Waals surface area contributed by atoms with Crippen LogP contribution in [0.3, 0.4) is 0 Å². The first-order chi connectivity index (χ1) is 15.5. The minimum absolute atomic E-state index is 0.133. The van der Waals surface area contributed by atoms with Crippen LogP contribution in [-0.2, 0) is 17.9 Å². The lowest BCUT2D eigenvalue weighted by Gasteiger charge is -2.33. The van der Waals surface area contributed by atoms with Gasteiger partial charge < -0.3 is 25.6 Å². The van der Waals surface area contributed by atoms with Gasteiger partial charge in [0.25, 0.3) is 0 Å². The number of methoxy groups -OCH3 is 1. The molecular weight excluding hydrogens is 404 g/mol. The first-order valence-electron chi connectivity index (χ1n) is 11.1. The summed E-state index contributed by atoms with van der Waals surface area (Å²) in [6.07, 6.45) is 3.55. The highest BCUT2D eigenvalue weighted by Crippen LogP contribution is 2.25. The minimum Gasteiger partial charge on any atom is -0.496 e. The maximum Gasteiger partial charge on any atom is 0.222 e. The molecule has 32 heavy (non-hydrogen) atoms. The molecule has 2 heterocycles. The van der Waals surface area contributed by atoms with Crippen molar-refractivity contribution in [2.24, 2.45) is 16.6 Å². The van der Waals surface area contributed by atoms with E-state index >= 15 is 0 Å². The summed E-state index contributed by atoms with van der Waals surface area (Å²) < 4.78 is 5.49. The van der Waals surface area contributed by atoms with Crippen LogP contribution in [0.4, 0.5) is 5.82 Å². The summed E-state index contributed by atoms with van der Waals surface area (Å²) in [7, 11) is 3.70. The van der Waals surface area contributed by atoms with Crippen molar-refractivity contribution in [2.75, 3.05) is 38.7 Å². The van der Waals surface area contributed by atoms with Crippen LogP contribution < -0.4 is 20.7 Å². The number of aliphatic imine (C=N–C) groups is 1. The molecule has 0 aliphatic carbocycles. The van der Waals surface area contributed by atoms with Gasteiger partial charge in [0, 0.05) is 50.6 Å². The third-order valence-electron chi connectivity index (χ3n) is 5.69. The normalized spacial score (nSPS) is 16.5. The fourth-order valence-corrected chi connectivity index (χ4v) is 4.03. The summed E-state index contributed by atoms with van der Waals surface area (Å²) in [5.74, 6) is 2.18. The Morgan fingerprint density at radius 3 is 2.84 bits per heavy atom. The highest BCUT2D eigenvalue weighted by atomic mass is 16.5. The smallest absolute Gasteiger partial charge is 0.222 e. The van der Waals surface area contributed by atoms with Gasteiger partial charge in [0.15, 0.2) is 5.96 Å². The highest BCUT2D eigenvalue weighted by molar-refractivity contribution is 5.80. The monoisotopic (exact) mass is 438 g/mol. The molecule has 1 fully saturated rings. The van der Waals surface area contributed by atoms with Crippen molar-refractivity contribution in [3.8, 4) is 5.75 Å².